The SMILES string of the molecule is O=C(O)C1CC2(CCCC2)N1C(=O)OCC1c2ccccc2-c2ccccc21. The fourth-order valence-electron chi connectivity index (χ4n) is 5.43. The Kier molecular flexibility index (Phi) is 3.93. The quantitative estimate of drug-likeness (QED) is 0.860. The number of carboxylic acid groups (broad SMARTS) is 1. The molecular formula is C23H23NO4. The molecule has 144 valence electrons. The largest absolute Gasteiger partial charge is 0.480 e. The number of benzene rings is 2. The normalized spacial score (nSPS) is 21.9. The van der Waals surface area contributed by atoms with Crippen LogP contribution in [0.4, 0.5) is 4.79 Å². The summed E-state index contributed by atoms with van der Waals surface area (Å²) >= 11 is 0. The maximum atomic E-state index is 12.9. The zero-order chi connectivity index (χ0) is 19.3. The Balaban J connectivity index is 1.37. The Morgan fingerprint density at radius 1 is 1.00 bits per heavy atom. The Labute approximate surface area is 163 Å². The van der Waals surface area contributed by atoms with Crippen LogP contribution in [0.1, 0.15) is 49.1 Å². The van der Waals surface area contributed by atoms with E-state index in [1.54, 1.807) is 0 Å². The summed E-state index contributed by atoms with van der Waals surface area (Å²) < 4.78 is 5.73. The van der Waals surface area contributed by atoms with Crippen molar-refractivity contribution < 1.29 is 19.4 Å². The summed E-state index contributed by atoms with van der Waals surface area (Å²) in [6.45, 7) is 0.228. The van der Waals surface area contributed by atoms with Gasteiger partial charge < -0.3 is 9.84 Å². The second kappa shape index (κ2) is 6.36. The number of carbonyl (C=O) groups is 2. The lowest BCUT2D eigenvalue weighted by atomic mass is 9.77. The minimum atomic E-state index is -0.939. The van der Waals surface area contributed by atoms with Crippen LogP contribution in [-0.4, -0.2) is 40.3 Å². The van der Waals surface area contributed by atoms with E-state index in [1.165, 1.54) is 16.0 Å². The van der Waals surface area contributed by atoms with Crippen LogP contribution >= 0.6 is 0 Å². The number of fused-ring (bicyclic) bond motifs is 3. The van der Waals surface area contributed by atoms with Gasteiger partial charge in [0.05, 0.1) is 0 Å². The van der Waals surface area contributed by atoms with Crippen molar-refractivity contribution in [3.05, 3.63) is 59.7 Å². The van der Waals surface area contributed by atoms with Crippen LogP contribution in [-0.2, 0) is 9.53 Å². The van der Waals surface area contributed by atoms with Crippen molar-refractivity contribution in [3.8, 4) is 11.1 Å². The lowest BCUT2D eigenvalue weighted by molar-refractivity contribution is -0.157. The summed E-state index contributed by atoms with van der Waals surface area (Å²) in [6, 6.07) is 15.6. The summed E-state index contributed by atoms with van der Waals surface area (Å²) in [5.41, 5.74) is 4.37. The van der Waals surface area contributed by atoms with Crippen LogP contribution in [0.3, 0.4) is 0 Å². The number of carbonyl (C=O) groups excluding carboxylic acids is 1. The number of ether oxygens (including phenoxy) is 1. The molecule has 2 aliphatic carbocycles. The molecule has 1 aliphatic heterocycles. The van der Waals surface area contributed by atoms with E-state index >= 15 is 0 Å². The van der Waals surface area contributed by atoms with Crippen LogP contribution in [0.5, 0.6) is 0 Å². The Hall–Kier alpha value is -2.82. The minimum Gasteiger partial charge on any atom is -0.480 e. The van der Waals surface area contributed by atoms with Gasteiger partial charge in [0.15, 0.2) is 0 Å². The number of amides is 1. The van der Waals surface area contributed by atoms with Gasteiger partial charge in [-0.25, -0.2) is 9.59 Å². The number of aliphatic carboxylic acids is 1. The van der Waals surface area contributed by atoms with E-state index in [-0.39, 0.29) is 18.1 Å². The fraction of sp³-hybridized carbons (Fsp3) is 0.391. The van der Waals surface area contributed by atoms with Crippen LogP contribution < -0.4 is 0 Å². The number of likely N-dealkylation sites (tertiary alicyclic amines) is 1. The molecule has 5 heteroatoms. The van der Waals surface area contributed by atoms with Crippen molar-refractivity contribution in [1.29, 1.82) is 0 Å². The third-order valence-corrected chi connectivity index (χ3v) is 6.75. The van der Waals surface area contributed by atoms with E-state index in [0.717, 1.165) is 36.8 Å². The molecule has 1 spiro atoms. The molecule has 1 amide bonds. The second-order valence-electron chi connectivity index (χ2n) is 8.16. The minimum absolute atomic E-state index is 0.0135. The average molecular weight is 377 g/mol. The molecular weight excluding hydrogens is 354 g/mol. The fourth-order valence-corrected chi connectivity index (χ4v) is 5.43. The summed E-state index contributed by atoms with van der Waals surface area (Å²) in [4.78, 5) is 26.0. The molecule has 2 aromatic rings. The van der Waals surface area contributed by atoms with E-state index in [0.29, 0.717) is 6.42 Å². The molecule has 5 nitrogen and oxygen atoms in total. The molecule has 1 atom stereocenters. The van der Waals surface area contributed by atoms with E-state index in [1.807, 2.05) is 24.3 Å². The summed E-state index contributed by atoms with van der Waals surface area (Å²) in [5.74, 6) is -0.952. The monoisotopic (exact) mass is 377 g/mol. The highest BCUT2D eigenvalue weighted by molar-refractivity contribution is 5.84. The Bertz CT molecular complexity index is 902. The van der Waals surface area contributed by atoms with Crippen molar-refractivity contribution >= 4 is 12.1 Å². The zero-order valence-corrected chi connectivity index (χ0v) is 15.6. The topological polar surface area (TPSA) is 66.8 Å². The maximum Gasteiger partial charge on any atom is 0.411 e. The molecule has 1 N–H and O–H groups in total. The first-order chi connectivity index (χ1) is 13.6. The van der Waals surface area contributed by atoms with Crippen molar-refractivity contribution in [2.75, 3.05) is 6.61 Å². The predicted molar refractivity (Wildman–Crippen MR) is 104 cm³/mol. The third-order valence-electron chi connectivity index (χ3n) is 6.75. The zero-order valence-electron chi connectivity index (χ0n) is 15.6. The van der Waals surface area contributed by atoms with Gasteiger partial charge in [0.25, 0.3) is 0 Å². The second-order valence-corrected chi connectivity index (χ2v) is 8.16. The maximum absolute atomic E-state index is 12.9. The standard InChI is InChI=1S/C23H23NO4/c25-21(26)20-13-23(11-5-6-12-23)24(20)22(27)28-14-19-17-9-3-1-7-15(17)16-8-2-4-10-18(16)19/h1-4,7-10,19-20H,5-6,11-14H2,(H,25,26). The van der Waals surface area contributed by atoms with Crippen molar-refractivity contribution in [1.82, 2.24) is 4.90 Å². The van der Waals surface area contributed by atoms with Crippen LogP contribution in [0.2, 0.25) is 0 Å². The first kappa shape index (κ1) is 17.3. The highest BCUT2D eigenvalue weighted by Crippen LogP contribution is 2.49. The number of rotatable bonds is 3. The van der Waals surface area contributed by atoms with Gasteiger partial charge in [0.1, 0.15) is 12.6 Å². The van der Waals surface area contributed by atoms with Gasteiger partial charge in [-0.05, 0) is 35.1 Å². The molecule has 0 radical (unpaired) electrons. The molecule has 1 saturated carbocycles. The van der Waals surface area contributed by atoms with Gasteiger partial charge in [0, 0.05) is 17.9 Å². The first-order valence-corrected chi connectivity index (χ1v) is 9.98. The average Bonchev–Trinajstić information content (AvgIpc) is 3.29. The molecule has 2 aromatic carbocycles. The van der Waals surface area contributed by atoms with E-state index < -0.39 is 18.1 Å². The smallest absolute Gasteiger partial charge is 0.411 e. The summed E-state index contributed by atoms with van der Waals surface area (Å²) in [7, 11) is 0. The van der Waals surface area contributed by atoms with E-state index in [4.69, 9.17) is 4.74 Å². The molecule has 0 bridgehead atoms. The van der Waals surface area contributed by atoms with Crippen LogP contribution in [0.25, 0.3) is 11.1 Å². The number of carboxylic acids is 1. The molecule has 5 rings (SSSR count). The lowest BCUT2D eigenvalue weighted by Crippen LogP contribution is -2.69. The summed E-state index contributed by atoms with van der Waals surface area (Å²) in [6.07, 6.45) is 3.90. The number of hydrogen-bond donors (Lipinski definition) is 1. The van der Waals surface area contributed by atoms with Gasteiger partial charge in [-0.1, -0.05) is 61.4 Å². The Morgan fingerprint density at radius 2 is 1.57 bits per heavy atom. The molecule has 2 fully saturated rings. The molecule has 28 heavy (non-hydrogen) atoms. The van der Waals surface area contributed by atoms with Crippen LogP contribution in [0, 0.1) is 0 Å². The van der Waals surface area contributed by atoms with E-state index in [9.17, 15) is 14.7 Å². The van der Waals surface area contributed by atoms with Gasteiger partial charge in [-0.15, -0.1) is 0 Å². The molecule has 1 heterocycles. The molecule has 1 unspecified atom stereocenters. The third kappa shape index (κ3) is 2.45. The van der Waals surface area contributed by atoms with Crippen molar-refractivity contribution in [2.45, 2.75) is 49.6 Å². The first-order valence-electron chi connectivity index (χ1n) is 9.98. The van der Waals surface area contributed by atoms with Gasteiger partial charge in [0.2, 0.25) is 0 Å². The van der Waals surface area contributed by atoms with Gasteiger partial charge in [-0.2, -0.15) is 0 Å². The number of nitrogens with zero attached hydrogens (tertiary/aromatic N) is 1. The summed E-state index contributed by atoms with van der Waals surface area (Å²) in [5, 5.41) is 9.49. The highest BCUT2D eigenvalue weighted by atomic mass is 16.6. The van der Waals surface area contributed by atoms with Crippen molar-refractivity contribution in [2.24, 2.45) is 0 Å². The molecule has 1 saturated heterocycles. The van der Waals surface area contributed by atoms with Gasteiger partial charge in [-0.3, -0.25) is 4.90 Å². The highest BCUT2D eigenvalue weighted by Gasteiger charge is 2.58. The molecule has 0 aromatic heterocycles. The van der Waals surface area contributed by atoms with Gasteiger partial charge >= 0.3 is 12.1 Å². The Morgan fingerprint density at radius 3 is 2.14 bits per heavy atom. The van der Waals surface area contributed by atoms with Crippen molar-refractivity contribution in [3.63, 3.8) is 0 Å². The lowest BCUT2D eigenvalue weighted by Gasteiger charge is -2.54. The van der Waals surface area contributed by atoms with Crippen LogP contribution in [0.15, 0.2) is 48.5 Å². The predicted octanol–water partition coefficient (Wildman–Crippen LogP) is 4.41. The number of hydrogen-bond acceptors (Lipinski definition) is 3. The molecule has 3 aliphatic rings. The van der Waals surface area contributed by atoms with E-state index in [2.05, 4.69) is 24.3 Å².